The summed E-state index contributed by atoms with van der Waals surface area (Å²) in [4.78, 5) is 31.3. The summed E-state index contributed by atoms with van der Waals surface area (Å²) in [5.74, 6) is 1.45. The van der Waals surface area contributed by atoms with Crippen LogP contribution in [0.5, 0.6) is 11.5 Å². The van der Waals surface area contributed by atoms with Gasteiger partial charge >= 0.3 is 0 Å². The molecule has 0 saturated heterocycles. The molecule has 7 heteroatoms. The van der Waals surface area contributed by atoms with Crippen LogP contribution in [0.4, 0.5) is 5.69 Å². The average Bonchev–Trinajstić information content (AvgIpc) is 2.94. The maximum Gasteiger partial charge on any atom is 0.254 e. The third kappa shape index (κ3) is 5.57. The van der Waals surface area contributed by atoms with Gasteiger partial charge in [-0.25, -0.2) is 0 Å². The van der Waals surface area contributed by atoms with E-state index in [4.69, 9.17) is 4.74 Å². The van der Waals surface area contributed by atoms with Crippen LogP contribution in [0.3, 0.4) is 0 Å². The zero-order valence-electron chi connectivity index (χ0n) is 22.5. The molecule has 3 aromatic carbocycles. The lowest BCUT2D eigenvalue weighted by Crippen LogP contribution is -2.38. The lowest BCUT2D eigenvalue weighted by molar-refractivity contribution is -0.126. The molecule has 3 aromatic rings. The number of fused-ring (bicyclic) bond motifs is 2. The summed E-state index contributed by atoms with van der Waals surface area (Å²) < 4.78 is 6.83. The molecule has 0 saturated carbocycles. The fourth-order valence-corrected chi connectivity index (χ4v) is 5.30. The predicted octanol–water partition coefficient (Wildman–Crippen LogP) is 4.26. The summed E-state index contributed by atoms with van der Waals surface area (Å²) >= 11 is 2.06. The molecule has 0 aromatic heterocycles. The van der Waals surface area contributed by atoms with E-state index in [2.05, 4.69) is 66.1 Å². The van der Waals surface area contributed by atoms with Crippen molar-refractivity contribution < 1.29 is 14.3 Å². The fourth-order valence-electron chi connectivity index (χ4n) is 4.72. The topological polar surface area (TPSA) is 53.1 Å². The molecule has 38 heavy (non-hydrogen) atoms. The summed E-state index contributed by atoms with van der Waals surface area (Å²) in [7, 11) is 3.55. The van der Waals surface area contributed by atoms with Gasteiger partial charge in [0.15, 0.2) is 0 Å². The van der Waals surface area contributed by atoms with Crippen LogP contribution in [0, 0.1) is 0 Å². The third-order valence-electron chi connectivity index (χ3n) is 6.98. The minimum absolute atomic E-state index is 0.0479. The van der Waals surface area contributed by atoms with Gasteiger partial charge in [-0.2, -0.15) is 0 Å². The number of anilines is 1. The van der Waals surface area contributed by atoms with E-state index in [0.717, 1.165) is 57.4 Å². The standard InChI is InChI=1S/C31H34IN3O3/c1-6-35(7-2)22-13-15-26-28(19-22)38-27-18-21(3)12-14-25(27)30(26)23-10-8-9-11-24(23)31(37)34(5)17-16-33(4)29(36)20-32/h8-15,18-19H,3,6-7,16-17,20H2,1-2,4-5H3. The second-order valence-electron chi connectivity index (χ2n) is 9.38. The van der Waals surface area contributed by atoms with Crippen molar-refractivity contribution in [1.82, 2.24) is 9.80 Å². The van der Waals surface area contributed by atoms with Gasteiger partial charge < -0.3 is 19.4 Å². The van der Waals surface area contributed by atoms with Crippen LogP contribution in [0.1, 0.15) is 35.3 Å². The van der Waals surface area contributed by atoms with Crippen molar-refractivity contribution in [2.75, 3.05) is 49.6 Å². The Morgan fingerprint density at radius 3 is 2.29 bits per heavy atom. The Morgan fingerprint density at radius 2 is 1.58 bits per heavy atom. The van der Waals surface area contributed by atoms with Crippen molar-refractivity contribution >= 4 is 52.2 Å². The van der Waals surface area contributed by atoms with Crippen LogP contribution < -0.4 is 20.1 Å². The van der Waals surface area contributed by atoms with Crippen molar-refractivity contribution in [2.45, 2.75) is 13.8 Å². The number of amides is 2. The number of nitrogens with zero attached hydrogens (tertiary/aromatic N) is 3. The number of likely N-dealkylation sites (N-methyl/N-ethyl adjacent to an activating group) is 2. The molecule has 0 atom stereocenters. The molecule has 0 unspecified atom stereocenters. The molecule has 0 bridgehead atoms. The van der Waals surface area contributed by atoms with Gasteiger partial charge in [0, 0.05) is 73.9 Å². The molecule has 0 N–H and O–H groups in total. The van der Waals surface area contributed by atoms with E-state index in [1.165, 1.54) is 0 Å². The second kappa shape index (κ2) is 12.0. The molecular weight excluding hydrogens is 589 g/mol. The van der Waals surface area contributed by atoms with E-state index >= 15 is 0 Å². The number of carbonyl (C=O) groups excluding carboxylic acids is 2. The Morgan fingerprint density at radius 1 is 0.868 bits per heavy atom. The van der Waals surface area contributed by atoms with Gasteiger partial charge in [-0.15, -0.1) is 0 Å². The van der Waals surface area contributed by atoms with E-state index in [0.29, 0.717) is 23.1 Å². The largest absolute Gasteiger partial charge is 0.456 e. The maximum absolute atomic E-state index is 13.7. The van der Waals surface area contributed by atoms with Gasteiger partial charge in [0.25, 0.3) is 5.91 Å². The van der Waals surface area contributed by atoms with Crippen molar-refractivity contribution in [2.24, 2.45) is 0 Å². The van der Waals surface area contributed by atoms with Crippen LogP contribution in [-0.2, 0) is 4.79 Å². The summed E-state index contributed by atoms with van der Waals surface area (Å²) in [5.41, 5.74) is 4.46. The highest BCUT2D eigenvalue weighted by Gasteiger charge is 2.25. The Labute approximate surface area is 238 Å². The molecule has 1 aliphatic rings. The maximum atomic E-state index is 13.7. The molecule has 6 nitrogen and oxygen atoms in total. The zero-order valence-corrected chi connectivity index (χ0v) is 24.6. The smallest absolute Gasteiger partial charge is 0.254 e. The van der Waals surface area contributed by atoms with Gasteiger partial charge in [0.1, 0.15) is 11.5 Å². The monoisotopic (exact) mass is 623 g/mol. The van der Waals surface area contributed by atoms with E-state index in [1.54, 1.807) is 23.9 Å². The number of carbonyl (C=O) groups is 2. The number of hydrogen-bond acceptors (Lipinski definition) is 4. The highest BCUT2D eigenvalue weighted by molar-refractivity contribution is 14.1. The lowest BCUT2D eigenvalue weighted by Gasteiger charge is -2.27. The average molecular weight is 624 g/mol. The van der Waals surface area contributed by atoms with Crippen LogP contribution in [0.15, 0.2) is 60.7 Å². The number of ether oxygens (including phenoxy) is 1. The number of hydrogen-bond donors (Lipinski definition) is 0. The molecule has 0 radical (unpaired) electrons. The van der Waals surface area contributed by atoms with E-state index in [1.807, 2.05) is 42.5 Å². The zero-order chi connectivity index (χ0) is 27.4. The first-order chi connectivity index (χ1) is 18.3. The normalized spacial score (nSPS) is 11.8. The highest BCUT2D eigenvalue weighted by Crippen LogP contribution is 2.39. The van der Waals surface area contributed by atoms with Gasteiger partial charge in [-0.3, -0.25) is 9.59 Å². The first-order valence-electron chi connectivity index (χ1n) is 12.8. The van der Waals surface area contributed by atoms with E-state index in [9.17, 15) is 9.59 Å². The molecular formula is C31H34IN3O3. The van der Waals surface area contributed by atoms with Crippen molar-refractivity contribution in [3.63, 3.8) is 0 Å². The lowest BCUT2D eigenvalue weighted by atomic mass is 9.89. The van der Waals surface area contributed by atoms with Crippen molar-refractivity contribution in [3.8, 4) is 11.5 Å². The van der Waals surface area contributed by atoms with Crippen LogP contribution in [-0.4, -0.2) is 66.3 Å². The Kier molecular flexibility index (Phi) is 8.76. The van der Waals surface area contributed by atoms with Gasteiger partial charge in [0.2, 0.25) is 5.91 Å². The number of rotatable bonds is 9. The molecule has 0 fully saturated rings. The SMILES string of the molecule is C=c1ccc2c(c1)Oc1cc(N(CC)CC)ccc1C=2c1ccccc1C(=O)N(C)CCN(C)C(=O)CI. The van der Waals surface area contributed by atoms with Crippen molar-refractivity contribution in [3.05, 3.63) is 87.8 Å². The Bertz CT molecular complexity index is 1470. The van der Waals surface area contributed by atoms with Crippen molar-refractivity contribution in [1.29, 1.82) is 0 Å². The Hall–Kier alpha value is -3.33. The van der Waals surface area contributed by atoms with Crippen LogP contribution in [0.2, 0.25) is 0 Å². The fraction of sp³-hybridized carbons (Fsp3) is 0.290. The van der Waals surface area contributed by atoms with Crippen LogP contribution >= 0.6 is 22.6 Å². The minimum Gasteiger partial charge on any atom is -0.456 e. The van der Waals surface area contributed by atoms with Gasteiger partial charge in [-0.1, -0.05) is 59.5 Å². The van der Waals surface area contributed by atoms with Gasteiger partial charge in [-0.05, 0) is 48.9 Å². The van der Waals surface area contributed by atoms with E-state index < -0.39 is 0 Å². The third-order valence-corrected chi connectivity index (χ3v) is 7.64. The summed E-state index contributed by atoms with van der Waals surface area (Å²) in [6.45, 7) is 11.1. The molecule has 4 rings (SSSR count). The summed E-state index contributed by atoms with van der Waals surface area (Å²) in [5, 5.41) is 1.79. The Balaban J connectivity index is 1.81. The van der Waals surface area contributed by atoms with E-state index in [-0.39, 0.29) is 11.8 Å². The molecule has 2 amide bonds. The molecule has 198 valence electrons. The van der Waals surface area contributed by atoms with Gasteiger partial charge in [0.05, 0.1) is 4.43 Å². The minimum atomic E-state index is -0.0912. The summed E-state index contributed by atoms with van der Waals surface area (Å²) in [6, 6.07) is 19.9. The molecule has 0 spiro atoms. The predicted molar refractivity (Wildman–Crippen MR) is 163 cm³/mol. The quantitative estimate of drug-likeness (QED) is 0.207. The second-order valence-corrected chi connectivity index (χ2v) is 10.1. The summed E-state index contributed by atoms with van der Waals surface area (Å²) in [6.07, 6.45) is 0. The highest BCUT2D eigenvalue weighted by atomic mass is 127. The first kappa shape index (κ1) is 27.7. The number of halogens is 1. The first-order valence-corrected chi connectivity index (χ1v) is 14.4. The number of benzene rings is 3. The molecule has 1 aliphatic heterocycles. The van der Waals surface area contributed by atoms with Crippen LogP contribution in [0.25, 0.3) is 12.2 Å². The molecule has 1 heterocycles. The molecule has 0 aliphatic carbocycles. The number of alkyl halides is 1.